The molecule has 1 aliphatic heterocycles. The highest BCUT2D eigenvalue weighted by molar-refractivity contribution is 7.90. The first-order valence-electron chi connectivity index (χ1n) is 6.60. The SMILES string of the molecule is O=S(=O)(Nc1ccccc1C#CCO)N1CCCCC1. The third kappa shape index (κ3) is 3.73. The van der Waals surface area contributed by atoms with E-state index < -0.39 is 10.2 Å². The third-order valence-electron chi connectivity index (χ3n) is 3.12. The zero-order valence-electron chi connectivity index (χ0n) is 11.2. The lowest BCUT2D eigenvalue weighted by Gasteiger charge is -2.26. The number of hydrogen-bond acceptors (Lipinski definition) is 3. The first-order valence-corrected chi connectivity index (χ1v) is 8.04. The summed E-state index contributed by atoms with van der Waals surface area (Å²) in [7, 11) is -3.53. The number of nitrogens with one attached hydrogen (secondary N) is 1. The molecule has 1 fully saturated rings. The largest absolute Gasteiger partial charge is 0.384 e. The molecule has 0 saturated carbocycles. The molecule has 1 aromatic rings. The van der Waals surface area contributed by atoms with Crippen LogP contribution in [0, 0.1) is 11.8 Å². The van der Waals surface area contributed by atoms with Crippen LogP contribution >= 0.6 is 0 Å². The Morgan fingerprint density at radius 2 is 1.90 bits per heavy atom. The Bertz CT molecular complexity index is 611. The molecular formula is C14H18N2O3S. The number of benzene rings is 1. The minimum atomic E-state index is -3.53. The van der Waals surface area contributed by atoms with Gasteiger partial charge in [-0.3, -0.25) is 4.72 Å². The molecule has 2 N–H and O–H groups in total. The van der Waals surface area contributed by atoms with Gasteiger partial charge in [0.05, 0.1) is 5.69 Å². The standard InChI is InChI=1S/C14H18N2O3S/c17-12-6-8-13-7-2-3-9-14(13)15-20(18,19)16-10-4-1-5-11-16/h2-3,7,9,15,17H,1,4-5,10-12H2. The molecule has 1 saturated heterocycles. The zero-order chi connectivity index (χ0) is 14.4. The number of hydrogen-bond donors (Lipinski definition) is 2. The number of nitrogens with zero attached hydrogens (tertiary/aromatic N) is 1. The average molecular weight is 294 g/mol. The second-order valence-electron chi connectivity index (χ2n) is 4.57. The van der Waals surface area contributed by atoms with E-state index in [9.17, 15) is 8.42 Å². The van der Waals surface area contributed by atoms with Crippen molar-refractivity contribution in [3.8, 4) is 11.8 Å². The molecule has 0 aromatic heterocycles. The maximum atomic E-state index is 12.3. The molecule has 108 valence electrons. The lowest BCUT2D eigenvalue weighted by atomic mass is 10.2. The van der Waals surface area contributed by atoms with E-state index >= 15 is 0 Å². The highest BCUT2D eigenvalue weighted by atomic mass is 32.2. The zero-order valence-corrected chi connectivity index (χ0v) is 12.0. The number of aliphatic hydroxyl groups excluding tert-OH is 1. The number of anilines is 1. The van der Waals surface area contributed by atoms with E-state index in [2.05, 4.69) is 16.6 Å². The quantitative estimate of drug-likeness (QED) is 0.822. The summed E-state index contributed by atoms with van der Waals surface area (Å²) in [5.74, 6) is 5.27. The predicted octanol–water partition coefficient (Wildman–Crippen LogP) is 1.17. The van der Waals surface area contributed by atoms with Crippen molar-refractivity contribution >= 4 is 15.9 Å². The van der Waals surface area contributed by atoms with Crippen molar-refractivity contribution < 1.29 is 13.5 Å². The fraction of sp³-hybridized carbons (Fsp3) is 0.429. The number of aliphatic hydroxyl groups is 1. The van der Waals surface area contributed by atoms with Crippen molar-refractivity contribution in [2.45, 2.75) is 19.3 Å². The van der Waals surface area contributed by atoms with Crippen molar-refractivity contribution in [1.29, 1.82) is 0 Å². The highest BCUT2D eigenvalue weighted by Gasteiger charge is 2.24. The van der Waals surface area contributed by atoms with Crippen LogP contribution in [0.5, 0.6) is 0 Å². The van der Waals surface area contributed by atoms with Crippen LogP contribution in [0.25, 0.3) is 0 Å². The summed E-state index contributed by atoms with van der Waals surface area (Å²) in [5, 5.41) is 8.73. The van der Waals surface area contributed by atoms with Crippen LogP contribution in [0.2, 0.25) is 0 Å². The first-order chi connectivity index (χ1) is 9.63. The summed E-state index contributed by atoms with van der Waals surface area (Å²) in [6, 6.07) is 6.91. The summed E-state index contributed by atoms with van der Waals surface area (Å²) in [4.78, 5) is 0. The monoisotopic (exact) mass is 294 g/mol. The summed E-state index contributed by atoms with van der Waals surface area (Å²) >= 11 is 0. The lowest BCUT2D eigenvalue weighted by Crippen LogP contribution is -2.39. The fourth-order valence-corrected chi connectivity index (χ4v) is 3.45. The van der Waals surface area contributed by atoms with Crippen molar-refractivity contribution in [1.82, 2.24) is 4.31 Å². The smallest absolute Gasteiger partial charge is 0.301 e. The Morgan fingerprint density at radius 1 is 1.20 bits per heavy atom. The molecule has 0 spiro atoms. The van der Waals surface area contributed by atoms with Crippen LogP contribution in [-0.4, -0.2) is 37.5 Å². The summed E-state index contributed by atoms with van der Waals surface area (Å²) in [6.45, 7) is 0.854. The van der Waals surface area contributed by atoms with E-state index in [0.29, 0.717) is 24.3 Å². The third-order valence-corrected chi connectivity index (χ3v) is 4.65. The van der Waals surface area contributed by atoms with Gasteiger partial charge in [-0.1, -0.05) is 30.4 Å². The van der Waals surface area contributed by atoms with E-state index in [-0.39, 0.29) is 6.61 Å². The number of para-hydroxylation sites is 1. The maximum absolute atomic E-state index is 12.3. The second kappa shape index (κ2) is 6.75. The van der Waals surface area contributed by atoms with Gasteiger partial charge in [0.25, 0.3) is 0 Å². The molecule has 1 aromatic carbocycles. The fourth-order valence-electron chi connectivity index (χ4n) is 2.12. The lowest BCUT2D eigenvalue weighted by molar-refractivity contribution is 0.349. The molecule has 0 atom stereocenters. The normalized spacial score (nSPS) is 16.2. The van der Waals surface area contributed by atoms with Gasteiger partial charge in [-0.25, -0.2) is 0 Å². The van der Waals surface area contributed by atoms with E-state index in [4.69, 9.17) is 5.11 Å². The number of rotatable bonds is 3. The molecule has 20 heavy (non-hydrogen) atoms. The molecule has 0 unspecified atom stereocenters. The molecule has 1 aliphatic rings. The predicted molar refractivity (Wildman–Crippen MR) is 78.4 cm³/mol. The molecule has 6 heteroatoms. The molecule has 0 amide bonds. The van der Waals surface area contributed by atoms with Crippen LogP contribution in [0.4, 0.5) is 5.69 Å². The molecule has 1 heterocycles. The van der Waals surface area contributed by atoms with Gasteiger partial charge in [0.1, 0.15) is 6.61 Å². The van der Waals surface area contributed by atoms with Crippen molar-refractivity contribution in [3.05, 3.63) is 29.8 Å². The van der Waals surface area contributed by atoms with Gasteiger partial charge in [-0.15, -0.1) is 0 Å². The minimum absolute atomic E-state index is 0.257. The van der Waals surface area contributed by atoms with Gasteiger partial charge in [0, 0.05) is 18.7 Å². The number of piperidine rings is 1. The Hall–Kier alpha value is -1.55. The van der Waals surface area contributed by atoms with E-state index in [0.717, 1.165) is 19.3 Å². The van der Waals surface area contributed by atoms with Crippen LogP contribution in [0.3, 0.4) is 0 Å². The van der Waals surface area contributed by atoms with Gasteiger partial charge in [0.2, 0.25) is 0 Å². The van der Waals surface area contributed by atoms with Crippen LogP contribution in [0.1, 0.15) is 24.8 Å². The van der Waals surface area contributed by atoms with Crippen molar-refractivity contribution in [2.75, 3.05) is 24.4 Å². The van der Waals surface area contributed by atoms with E-state index in [1.807, 2.05) is 0 Å². The van der Waals surface area contributed by atoms with E-state index in [1.165, 1.54) is 4.31 Å². The second-order valence-corrected chi connectivity index (χ2v) is 6.24. The molecule has 0 aliphatic carbocycles. The molecule has 0 bridgehead atoms. The molecular weight excluding hydrogens is 276 g/mol. The highest BCUT2D eigenvalue weighted by Crippen LogP contribution is 2.19. The van der Waals surface area contributed by atoms with Gasteiger partial charge in [-0.2, -0.15) is 12.7 Å². The minimum Gasteiger partial charge on any atom is -0.384 e. The first kappa shape index (κ1) is 14.9. The van der Waals surface area contributed by atoms with Gasteiger partial charge in [0.15, 0.2) is 0 Å². The molecule has 2 rings (SSSR count). The topological polar surface area (TPSA) is 69.6 Å². The molecule has 0 radical (unpaired) electrons. The summed E-state index contributed by atoms with van der Waals surface area (Å²) in [6.07, 6.45) is 2.87. The van der Waals surface area contributed by atoms with Gasteiger partial charge in [-0.05, 0) is 25.0 Å². The Kier molecular flexibility index (Phi) is 5.01. The molecule has 5 nitrogen and oxygen atoms in total. The van der Waals surface area contributed by atoms with Crippen LogP contribution in [-0.2, 0) is 10.2 Å². The summed E-state index contributed by atoms with van der Waals surface area (Å²) in [5.41, 5.74) is 1.00. The Labute approximate surface area is 119 Å². The Morgan fingerprint density at radius 3 is 2.60 bits per heavy atom. The van der Waals surface area contributed by atoms with Crippen molar-refractivity contribution in [3.63, 3.8) is 0 Å². The van der Waals surface area contributed by atoms with Gasteiger partial charge >= 0.3 is 10.2 Å². The van der Waals surface area contributed by atoms with Crippen LogP contribution < -0.4 is 4.72 Å². The van der Waals surface area contributed by atoms with Crippen LogP contribution in [0.15, 0.2) is 24.3 Å². The summed E-state index contributed by atoms with van der Waals surface area (Å²) < 4.78 is 28.6. The van der Waals surface area contributed by atoms with Crippen molar-refractivity contribution in [2.24, 2.45) is 0 Å². The van der Waals surface area contributed by atoms with Gasteiger partial charge < -0.3 is 5.11 Å². The Balaban J connectivity index is 2.20. The van der Waals surface area contributed by atoms with E-state index in [1.54, 1.807) is 24.3 Å². The average Bonchev–Trinajstić information content (AvgIpc) is 2.47. The maximum Gasteiger partial charge on any atom is 0.301 e.